The Labute approximate surface area is 171 Å². The number of carbonyl (C=O) groups is 1. The summed E-state index contributed by atoms with van der Waals surface area (Å²) in [7, 11) is -3.82. The maximum Gasteiger partial charge on any atom is 0.261 e. The number of carbonyl (C=O) groups excluding carboxylic acids is 1. The summed E-state index contributed by atoms with van der Waals surface area (Å²) < 4.78 is 28.2. The van der Waals surface area contributed by atoms with Gasteiger partial charge in [0, 0.05) is 11.3 Å². The van der Waals surface area contributed by atoms with Gasteiger partial charge in [0.25, 0.3) is 15.9 Å². The van der Waals surface area contributed by atoms with E-state index in [1.807, 2.05) is 58.0 Å². The van der Waals surface area contributed by atoms with E-state index in [1.165, 1.54) is 12.1 Å². The molecule has 1 amide bonds. The van der Waals surface area contributed by atoms with Crippen molar-refractivity contribution in [2.24, 2.45) is 0 Å². The first-order chi connectivity index (χ1) is 13.7. The number of anilines is 2. The second-order valence-corrected chi connectivity index (χ2v) is 8.91. The second-order valence-electron chi connectivity index (χ2n) is 7.22. The zero-order valence-electron chi connectivity index (χ0n) is 16.9. The monoisotopic (exact) mass is 408 g/mol. The van der Waals surface area contributed by atoms with Crippen LogP contribution in [0.15, 0.2) is 65.6 Å². The largest absolute Gasteiger partial charge is 0.322 e. The van der Waals surface area contributed by atoms with Crippen LogP contribution in [-0.4, -0.2) is 14.3 Å². The molecule has 0 aliphatic heterocycles. The van der Waals surface area contributed by atoms with Crippen LogP contribution >= 0.6 is 0 Å². The van der Waals surface area contributed by atoms with Crippen LogP contribution in [0.2, 0.25) is 0 Å². The number of aryl methyl sites for hydroxylation is 4. The van der Waals surface area contributed by atoms with E-state index in [4.69, 9.17) is 0 Å². The van der Waals surface area contributed by atoms with Crippen molar-refractivity contribution in [2.45, 2.75) is 32.6 Å². The van der Waals surface area contributed by atoms with Gasteiger partial charge in [0.2, 0.25) is 0 Å². The summed E-state index contributed by atoms with van der Waals surface area (Å²) in [6.45, 7) is 7.69. The molecular weight excluding hydrogens is 384 g/mol. The molecular formula is C23H24N2O3S. The molecule has 0 saturated heterocycles. The van der Waals surface area contributed by atoms with Crippen LogP contribution in [0.1, 0.15) is 32.6 Å². The standard InChI is InChI=1S/C23H24N2O3S/c1-15-8-10-21(17(3)12-15)24-23(26)19-6-5-7-20(14-19)29(27,28)25-22-11-9-16(2)13-18(22)4/h5-14,25H,1-4H3,(H,24,26). The van der Waals surface area contributed by atoms with Gasteiger partial charge in [0.15, 0.2) is 0 Å². The van der Waals surface area contributed by atoms with Crippen LogP contribution in [0, 0.1) is 27.7 Å². The van der Waals surface area contributed by atoms with Crippen molar-refractivity contribution in [3.63, 3.8) is 0 Å². The Morgan fingerprint density at radius 2 is 1.34 bits per heavy atom. The van der Waals surface area contributed by atoms with E-state index >= 15 is 0 Å². The molecule has 3 aromatic carbocycles. The second kappa shape index (κ2) is 8.09. The van der Waals surface area contributed by atoms with Gasteiger partial charge in [-0.25, -0.2) is 8.42 Å². The lowest BCUT2D eigenvalue weighted by molar-refractivity contribution is 0.102. The summed E-state index contributed by atoms with van der Waals surface area (Å²) in [6.07, 6.45) is 0. The molecule has 0 aliphatic rings. The minimum atomic E-state index is -3.82. The number of nitrogens with one attached hydrogen (secondary N) is 2. The molecule has 0 spiro atoms. The molecule has 29 heavy (non-hydrogen) atoms. The van der Waals surface area contributed by atoms with Crippen LogP contribution < -0.4 is 10.0 Å². The highest BCUT2D eigenvalue weighted by Crippen LogP contribution is 2.22. The van der Waals surface area contributed by atoms with Crippen molar-refractivity contribution in [1.29, 1.82) is 0 Å². The number of hydrogen-bond acceptors (Lipinski definition) is 3. The van der Waals surface area contributed by atoms with Gasteiger partial charge in [0.05, 0.1) is 10.6 Å². The Morgan fingerprint density at radius 1 is 0.759 bits per heavy atom. The molecule has 0 unspecified atom stereocenters. The van der Waals surface area contributed by atoms with E-state index in [-0.39, 0.29) is 16.4 Å². The Balaban J connectivity index is 1.85. The summed E-state index contributed by atoms with van der Waals surface area (Å²) in [4.78, 5) is 12.7. The van der Waals surface area contributed by atoms with Crippen molar-refractivity contribution in [1.82, 2.24) is 0 Å². The van der Waals surface area contributed by atoms with Gasteiger partial charge < -0.3 is 5.32 Å². The van der Waals surface area contributed by atoms with Gasteiger partial charge in [-0.3, -0.25) is 9.52 Å². The number of sulfonamides is 1. The first-order valence-corrected chi connectivity index (χ1v) is 10.7. The lowest BCUT2D eigenvalue weighted by Gasteiger charge is -2.13. The lowest BCUT2D eigenvalue weighted by atomic mass is 10.1. The molecule has 0 saturated carbocycles. The molecule has 0 heterocycles. The number of amides is 1. The summed E-state index contributed by atoms with van der Waals surface area (Å²) in [6, 6.07) is 17.2. The van der Waals surface area contributed by atoms with Crippen molar-refractivity contribution in [2.75, 3.05) is 10.0 Å². The molecule has 0 bridgehead atoms. The number of benzene rings is 3. The van der Waals surface area contributed by atoms with Crippen LogP contribution in [0.5, 0.6) is 0 Å². The van der Waals surface area contributed by atoms with Crippen LogP contribution in [0.3, 0.4) is 0 Å². The van der Waals surface area contributed by atoms with Crippen molar-refractivity contribution < 1.29 is 13.2 Å². The highest BCUT2D eigenvalue weighted by atomic mass is 32.2. The minimum absolute atomic E-state index is 0.0331. The molecule has 0 fully saturated rings. The van der Waals surface area contributed by atoms with E-state index in [0.717, 1.165) is 22.3 Å². The predicted octanol–water partition coefficient (Wildman–Crippen LogP) is 4.97. The Kier molecular flexibility index (Phi) is 5.75. The van der Waals surface area contributed by atoms with Crippen molar-refractivity contribution in [3.05, 3.63) is 88.5 Å². The molecule has 2 N–H and O–H groups in total. The Hall–Kier alpha value is -3.12. The third-order valence-corrected chi connectivity index (χ3v) is 6.03. The van der Waals surface area contributed by atoms with Gasteiger partial charge in [-0.05, 0) is 69.2 Å². The van der Waals surface area contributed by atoms with E-state index in [1.54, 1.807) is 18.2 Å². The summed E-state index contributed by atoms with van der Waals surface area (Å²) in [5.41, 5.74) is 5.41. The van der Waals surface area contributed by atoms with Gasteiger partial charge in [0.1, 0.15) is 0 Å². The third kappa shape index (κ3) is 4.84. The normalized spacial score (nSPS) is 11.2. The molecule has 150 valence electrons. The fourth-order valence-corrected chi connectivity index (χ4v) is 4.26. The zero-order chi connectivity index (χ0) is 21.2. The first-order valence-electron chi connectivity index (χ1n) is 9.24. The van der Waals surface area contributed by atoms with Gasteiger partial charge >= 0.3 is 0 Å². The molecule has 5 nitrogen and oxygen atoms in total. The van der Waals surface area contributed by atoms with E-state index in [0.29, 0.717) is 11.4 Å². The maximum atomic E-state index is 12.8. The SMILES string of the molecule is Cc1ccc(NC(=O)c2cccc(S(=O)(=O)Nc3ccc(C)cc3C)c2)c(C)c1. The van der Waals surface area contributed by atoms with E-state index in [9.17, 15) is 13.2 Å². The quantitative estimate of drug-likeness (QED) is 0.626. The third-order valence-electron chi connectivity index (χ3n) is 4.66. The van der Waals surface area contributed by atoms with E-state index < -0.39 is 10.0 Å². The molecule has 0 atom stereocenters. The zero-order valence-corrected chi connectivity index (χ0v) is 17.7. The predicted molar refractivity (Wildman–Crippen MR) is 117 cm³/mol. The maximum absolute atomic E-state index is 12.8. The van der Waals surface area contributed by atoms with Crippen molar-refractivity contribution in [3.8, 4) is 0 Å². The highest BCUT2D eigenvalue weighted by molar-refractivity contribution is 7.92. The molecule has 3 rings (SSSR count). The van der Waals surface area contributed by atoms with Crippen LogP contribution in [0.25, 0.3) is 0 Å². The molecule has 3 aromatic rings. The van der Waals surface area contributed by atoms with Crippen LogP contribution in [0.4, 0.5) is 11.4 Å². The van der Waals surface area contributed by atoms with Crippen LogP contribution in [-0.2, 0) is 10.0 Å². The minimum Gasteiger partial charge on any atom is -0.322 e. The topological polar surface area (TPSA) is 75.3 Å². The fourth-order valence-electron chi connectivity index (χ4n) is 3.08. The van der Waals surface area contributed by atoms with Gasteiger partial charge in [-0.1, -0.05) is 41.5 Å². The summed E-state index contributed by atoms with van der Waals surface area (Å²) >= 11 is 0. The highest BCUT2D eigenvalue weighted by Gasteiger charge is 2.18. The average molecular weight is 409 g/mol. The number of rotatable bonds is 5. The summed E-state index contributed by atoms with van der Waals surface area (Å²) in [5, 5.41) is 2.84. The number of hydrogen-bond donors (Lipinski definition) is 2. The Morgan fingerprint density at radius 3 is 1.93 bits per heavy atom. The Bertz CT molecular complexity index is 1180. The average Bonchev–Trinajstić information content (AvgIpc) is 2.66. The molecule has 0 aliphatic carbocycles. The summed E-state index contributed by atoms with van der Waals surface area (Å²) in [5.74, 6) is -0.361. The van der Waals surface area contributed by atoms with Crippen molar-refractivity contribution >= 4 is 27.3 Å². The van der Waals surface area contributed by atoms with Gasteiger partial charge in [-0.2, -0.15) is 0 Å². The lowest BCUT2D eigenvalue weighted by Crippen LogP contribution is -2.16. The molecule has 6 heteroatoms. The molecule has 0 radical (unpaired) electrons. The fraction of sp³-hybridized carbons (Fsp3) is 0.174. The molecule has 0 aromatic heterocycles. The van der Waals surface area contributed by atoms with E-state index in [2.05, 4.69) is 10.0 Å². The van der Waals surface area contributed by atoms with Gasteiger partial charge in [-0.15, -0.1) is 0 Å². The first kappa shape index (κ1) is 20.6. The smallest absolute Gasteiger partial charge is 0.261 e.